The first-order valence-corrected chi connectivity index (χ1v) is 12.6. The standard InChI is InChI=1S/C34H22O4/c1-35-31-13-7-4-10-27(31)34(24-14-15-30-26(19-24)25-9-3-6-12-29(25)37-30)20-23-18-32-22(17-33(23)38-34)16-21-8-2-5-11-28(21)36-32/h2-20H,1H3. The van der Waals surface area contributed by atoms with E-state index < -0.39 is 5.60 Å². The fraction of sp³-hybridized carbons (Fsp3) is 0.0588. The van der Waals surface area contributed by atoms with E-state index >= 15 is 0 Å². The van der Waals surface area contributed by atoms with Gasteiger partial charge in [0.25, 0.3) is 0 Å². The molecule has 5 aromatic carbocycles. The van der Waals surface area contributed by atoms with Crippen LogP contribution < -0.4 is 24.6 Å². The zero-order valence-electron chi connectivity index (χ0n) is 20.6. The van der Waals surface area contributed by atoms with E-state index in [9.17, 15) is 0 Å². The summed E-state index contributed by atoms with van der Waals surface area (Å²) in [6, 6.07) is 34.6. The third-order valence-electron chi connectivity index (χ3n) is 7.53. The summed E-state index contributed by atoms with van der Waals surface area (Å²) in [6.07, 6.45) is 4.32. The van der Waals surface area contributed by atoms with E-state index in [0.29, 0.717) is 0 Å². The van der Waals surface area contributed by atoms with Crippen LogP contribution in [0.15, 0.2) is 108 Å². The molecule has 8 rings (SSSR count). The zero-order chi connectivity index (χ0) is 25.3. The average molecular weight is 495 g/mol. The fourth-order valence-electron chi connectivity index (χ4n) is 5.73. The topological polar surface area (TPSA) is 40.8 Å². The summed E-state index contributed by atoms with van der Waals surface area (Å²) in [4.78, 5) is 0. The summed E-state index contributed by atoms with van der Waals surface area (Å²) in [6.45, 7) is 0. The minimum Gasteiger partial charge on any atom is -0.496 e. The Hall–Kier alpha value is -4.96. The number of rotatable bonds is 3. The van der Waals surface area contributed by atoms with E-state index in [1.165, 1.54) is 0 Å². The van der Waals surface area contributed by atoms with Crippen LogP contribution in [0.2, 0.25) is 0 Å². The number of methoxy groups -OCH3 is 1. The van der Waals surface area contributed by atoms with Gasteiger partial charge in [-0.25, -0.2) is 0 Å². The molecule has 2 aliphatic rings. The first-order valence-electron chi connectivity index (χ1n) is 12.6. The Labute approximate surface area is 218 Å². The molecule has 1 atom stereocenters. The summed E-state index contributed by atoms with van der Waals surface area (Å²) in [7, 11) is 1.69. The number of ether oxygens (including phenoxy) is 3. The first-order chi connectivity index (χ1) is 18.7. The molecule has 3 heterocycles. The van der Waals surface area contributed by atoms with Gasteiger partial charge in [-0.1, -0.05) is 60.7 Å². The Morgan fingerprint density at radius 2 is 1.45 bits per heavy atom. The summed E-state index contributed by atoms with van der Waals surface area (Å²) in [5.74, 6) is 3.22. The summed E-state index contributed by atoms with van der Waals surface area (Å²) >= 11 is 0. The average Bonchev–Trinajstić information content (AvgIpc) is 3.53. The Morgan fingerprint density at radius 3 is 2.39 bits per heavy atom. The van der Waals surface area contributed by atoms with Crippen LogP contribution in [-0.4, -0.2) is 7.11 Å². The normalized spacial score (nSPS) is 17.0. The van der Waals surface area contributed by atoms with Crippen LogP contribution in [0.1, 0.15) is 16.7 Å². The van der Waals surface area contributed by atoms with Crippen molar-refractivity contribution in [2.45, 2.75) is 5.60 Å². The minimum atomic E-state index is -0.904. The predicted molar refractivity (Wildman–Crippen MR) is 148 cm³/mol. The number of fused-ring (bicyclic) bond motifs is 6. The summed E-state index contributed by atoms with van der Waals surface area (Å²) in [5, 5.41) is 4.08. The smallest absolute Gasteiger partial charge is 0.182 e. The number of benzene rings is 5. The maximum atomic E-state index is 6.96. The summed E-state index contributed by atoms with van der Waals surface area (Å²) < 4.78 is 25.2. The molecule has 0 saturated carbocycles. The molecule has 4 nitrogen and oxygen atoms in total. The third-order valence-corrected chi connectivity index (χ3v) is 7.53. The zero-order valence-corrected chi connectivity index (χ0v) is 20.6. The lowest BCUT2D eigenvalue weighted by atomic mass is 9.84. The van der Waals surface area contributed by atoms with Crippen LogP contribution >= 0.6 is 0 Å². The van der Waals surface area contributed by atoms with Crippen molar-refractivity contribution in [2.75, 3.05) is 7.11 Å². The lowest BCUT2D eigenvalue weighted by Crippen LogP contribution is -2.30. The molecule has 0 aliphatic carbocycles. The third kappa shape index (κ3) is 2.97. The Morgan fingerprint density at radius 1 is 0.658 bits per heavy atom. The van der Waals surface area contributed by atoms with Crippen molar-refractivity contribution in [2.24, 2.45) is 0 Å². The van der Waals surface area contributed by atoms with Crippen molar-refractivity contribution in [1.82, 2.24) is 0 Å². The van der Waals surface area contributed by atoms with Gasteiger partial charge in [-0.15, -0.1) is 0 Å². The van der Waals surface area contributed by atoms with Crippen LogP contribution in [0.5, 0.6) is 23.0 Å². The van der Waals surface area contributed by atoms with Gasteiger partial charge in [-0.2, -0.15) is 0 Å². The highest BCUT2D eigenvalue weighted by Gasteiger charge is 2.41. The largest absolute Gasteiger partial charge is 0.496 e. The molecule has 38 heavy (non-hydrogen) atoms. The number of furan rings is 1. The molecule has 0 saturated heterocycles. The molecule has 0 spiro atoms. The van der Waals surface area contributed by atoms with E-state index in [0.717, 1.165) is 72.1 Å². The number of hydrogen-bond acceptors (Lipinski definition) is 4. The second kappa shape index (κ2) is 7.77. The fourth-order valence-corrected chi connectivity index (χ4v) is 5.73. The number of para-hydroxylation sites is 3. The van der Waals surface area contributed by atoms with Crippen molar-refractivity contribution in [1.29, 1.82) is 0 Å². The number of hydrogen-bond donors (Lipinski definition) is 0. The van der Waals surface area contributed by atoms with Crippen LogP contribution in [0, 0.1) is 0 Å². The SMILES string of the molecule is COc1ccccc1C1(c2ccc3oc4ccccc4c3c2)C=c2cc3c(cc2O1)=Cc1ccccc1O3. The van der Waals surface area contributed by atoms with Gasteiger partial charge in [0.2, 0.25) is 0 Å². The molecule has 182 valence electrons. The van der Waals surface area contributed by atoms with Crippen molar-refractivity contribution in [3.05, 3.63) is 130 Å². The Kier molecular flexibility index (Phi) is 4.32. The van der Waals surface area contributed by atoms with Crippen LogP contribution in [0.4, 0.5) is 0 Å². The maximum Gasteiger partial charge on any atom is 0.182 e. The maximum absolute atomic E-state index is 6.96. The second-order valence-electron chi connectivity index (χ2n) is 9.70. The lowest BCUT2D eigenvalue weighted by molar-refractivity contribution is 0.187. The van der Waals surface area contributed by atoms with Gasteiger partial charge in [0, 0.05) is 37.9 Å². The molecule has 1 unspecified atom stereocenters. The van der Waals surface area contributed by atoms with E-state index in [-0.39, 0.29) is 0 Å². The molecule has 0 radical (unpaired) electrons. The Bertz CT molecular complexity index is 2030. The monoisotopic (exact) mass is 494 g/mol. The first kappa shape index (κ1) is 21.2. The van der Waals surface area contributed by atoms with E-state index in [4.69, 9.17) is 18.6 Å². The van der Waals surface area contributed by atoms with Gasteiger partial charge >= 0.3 is 0 Å². The highest BCUT2D eigenvalue weighted by molar-refractivity contribution is 6.05. The molecule has 6 aromatic rings. The molecule has 1 aromatic heterocycles. The van der Waals surface area contributed by atoms with E-state index in [1.807, 2.05) is 60.7 Å². The van der Waals surface area contributed by atoms with E-state index in [2.05, 4.69) is 54.6 Å². The Balaban J connectivity index is 1.38. The molecule has 2 aliphatic heterocycles. The highest BCUT2D eigenvalue weighted by atomic mass is 16.5. The van der Waals surface area contributed by atoms with Crippen LogP contribution in [-0.2, 0) is 5.60 Å². The summed E-state index contributed by atoms with van der Waals surface area (Å²) in [5.41, 5.74) is 3.77. The van der Waals surface area contributed by atoms with Crippen LogP contribution in [0.25, 0.3) is 34.1 Å². The van der Waals surface area contributed by atoms with Gasteiger partial charge in [0.15, 0.2) is 5.60 Å². The molecule has 0 bridgehead atoms. The lowest BCUT2D eigenvalue weighted by Gasteiger charge is -2.30. The molecule has 4 heteroatoms. The van der Waals surface area contributed by atoms with Crippen molar-refractivity contribution < 1.29 is 18.6 Å². The molecular formula is C34H22O4. The van der Waals surface area contributed by atoms with Crippen molar-refractivity contribution in [3.8, 4) is 23.0 Å². The van der Waals surface area contributed by atoms with Gasteiger partial charge in [-0.3, -0.25) is 0 Å². The molecular weight excluding hydrogens is 472 g/mol. The van der Waals surface area contributed by atoms with Crippen molar-refractivity contribution in [3.63, 3.8) is 0 Å². The van der Waals surface area contributed by atoms with Gasteiger partial charge in [0.05, 0.1) is 7.11 Å². The quantitative estimate of drug-likeness (QED) is 0.276. The molecule has 0 amide bonds. The van der Waals surface area contributed by atoms with Gasteiger partial charge in [0.1, 0.15) is 34.2 Å². The minimum absolute atomic E-state index is 0.758. The van der Waals surface area contributed by atoms with Crippen molar-refractivity contribution >= 4 is 34.1 Å². The van der Waals surface area contributed by atoms with E-state index in [1.54, 1.807) is 7.11 Å². The highest BCUT2D eigenvalue weighted by Crippen LogP contribution is 2.45. The molecule has 0 N–H and O–H groups in total. The predicted octanol–water partition coefficient (Wildman–Crippen LogP) is 6.65. The second-order valence-corrected chi connectivity index (χ2v) is 9.70. The van der Waals surface area contributed by atoms with Gasteiger partial charge < -0.3 is 18.6 Å². The molecule has 0 fully saturated rings. The van der Waals surface area contributed by atoms with Crippen LogP contribution in [0.3, 0.4) is 0 Å². The van der Waals surface area contributed by atoms with Gasteiger partial charge in [-0.05, 0) is 54.6 Å².